The van der Waals surface area contributed by atoms with Crippen molar-refractivity contribution in [2.45, 2.75) is 13.1 Å². The van der Waals surface area contributed by atoms with Gasteiger partial charge in [0, 0.05) is 24.0 Å². The Morgan fingerprint density at radius 1 is 1.19 bits per heavy atom. The Hall–Kier alpha value is -3.66. The molecule has 0 fully saturated rings. The average Bonchev–Trinajstić information content (AvgIpc) is 3.12. The molecular formula is C19H16N6O. The number of carbonyl (C=O) groups is 1. The summed E-state index contributed by atoms with van der Waals surface area (Å²) in [7, 11) is 0. The molecule has 0 radical (unpaired) electrons. The van der Waals surface area contributed by atoms with Crippen LogP contribution in [0.5, 0.6) is 0 Å². The molecule has 0 atom stereocenters. The molecule has 0 unspecified atom stereocenters. The van der Waals surface area contributed by atoms with Crippen LogP contribution in [0.3, 0.4) is 0 Å². The van der Waals surface area contributed by atoms with Crippen LogP contribution >= 0.6 is 0 Å². The van der Waals surface area contributed by atoms with E-state index in [1.54, 1.807) is 29.4 Å². The molecule has 26 heavy (non-hydrogen) atoms. The number of anilines is 1. The van der Waals surface area contributed by atoms with Crippen molar-refractivity contribution in [3.8, 4) is 17.3 Å². The van der Waals surface area contributed by atoms with Crippen molar-refractivity contribution >= 4 is 11.7 Å². The normalized spacial score (nSPS) is 13.0. The number of para-hydroxylation sites is 1. The Bertz CT molecular complexity index is 989. The topological polar surface area (TPSA) is 86.8 Å². The zero-order valence-corrected chi connectivity index (χ0v) is 14.0. The summed E-state index contributed by atoms with van der Waals surface area (Å²) < 4.78 is 1.89. The van der Waals surface area contributed by atoms with Gasteiger partial charge in [-0.1, -0.05) is 18.2 Å². The van der Waals surface area contributed by atoms with Crippen LogP contribution in [0.2, 0.25) is 0 Å². The first kappa shape index (κ1) is 15.8. The van der Waals surface area contributed by atoms with Gasteiger partial charge in [-0.05, 0) is 24.3 Å². The summed E-state index contributed by atoms with van der Waals surface area (Å²) in [6.45, 7) is 1.64. The second-order valence-electron chi connectivity index (χ2n) is 5.99. The molecule has 7 heteroatoms. The van der Waals surface area contributed by atoms with Crippen LogP contribution in [-0.4, -0.2) is 32.2 Å². The van der Waals surface area contributed by atoms with Crippen molar-refractivity contribution in [1.29, 1.82) is 5.26 Å². The van der Waals surface area contributed by atoms with Crippen molar-refractivity contribution in [3.63, 3.8) is 0 Å². The van der Waals surface area contributed by atoms with Gasteiger partial charge >= 0.3 is 6.03 Å². The smallest absolute Gasteiger partial charge is 0.317 e. The number of hydrogen-bond acceptors (Lipinski definition) is 4. The third-order valence-corrected chi connectivity index (χ3v) is 4.35. The van der Waals surface area contributed by atoms with Crippen LogP contribution in [0, 0.1) is 11.3 Å². The number of rotatable bonds is 2. The molecule has 0 aliphatic carbocycles. The van der Waals surface area contributed by atoms with Crippen molar-refractivity contribution in [3.05, 3.63) is 66.1 Å². The third-order valence-electron chi connectivity index (χ3n) is 4.35. The average molecular weight is 344 g/mol. The molecule has 1 aliphatic heterocycles. The molecular weight excluding hydrogens is 328 g/mol. The highest BCUT2D eigenvalue weighted by Crippen LogP contribution is 2.26. The lowest BCUT2D eigenvalue weighted by Gasteiger charge is -2.28. The van der Waals surface area contributed by atoms with E-state index in [9.17, 15) is 4.79 Å². The Morgan fingerprint density at radius 2 is 2.04 bits per heavy atom. The summed E-state index contributed by atoms with van der Waals surface area (Å²) in [5.41, 5.74) is 3.77. The molecule has 128 valence electrons. The minimum absolute atomic E-state index is 0.145. The van der Waals surface area contributed by atoms with E-state index in [-0.39, 0.29) is 6.03 Å². The summed E-state index contributed by atoms with van der Waals surface area (Å²) >= 11 is 0. The van der Waals surface area contributed by atoms with Crippen molar-refractivity contribution in [2.24, 2.45) is 0 Å². The lowest BCUT2D eigenvalue weighted by Crippen LogP contribution is -2.41. The van der Waals surface area contributed by atoms with Gasteiger partial charge in [0.1, 0.15) is 0 Å². The fraction of sp³-hybridized carbons (Fsp3) is 0.158. The fourth-order valence-corrected chi connectivity index (χ4v) is 3.00. The monoisotopic (exact) mass is 344 g/mol. The molecule has 3 heterocycles. The zero-order chi connectivity index (χ0) is 17.9. The zero-order valence-electron chi connectivity index (χ0n) is 14.0. The summed E-state index contributed by atoms with van der Waals surface area (Å²) in [5, 5.41) is 16.4. The number of nitrogens with zero attached hydrogens (tertiary/aromatic N) is 5. The van der Waals surface area contributed by atoms with Gasteiger partial charge in [-0.2, -0.15) is 10.4 Å². The molecule has 0 bridgehead atoms. The van der Waals surface area contributed by atoms with E-state index >= 15 is 0 Å². The number of benzene rings is 1. The van der Waals surface area contributed by atoms with Crippen molar-refractivity contribution in [2.75, 3.05) is 11.9 Å². The predicted molar refractivity (Wildman–Crippen MR) is 96.0 cm³/mol. The van der Waals surface area contributed by atoms with Crippen molar-refractivity contribution < 1.29 is 4.79 Å². The minimum Gasteiger partial charge on any atom is -0.317 e. The van der Waals surface area contributed by atoms with Gasteiger partial charge in [0.15, 0.2) is 0 Å². The molecule has 0 saturated carbocycles. The molecule has 7 nitrogen and oxygen atoms in total. The molecule has 1 aromatic carbocycles. The van der Waals surface area contributed by atoms with Gasteiger partial charge in [-0.25, -0.2) is 4.79 Å². The predicted octanol–water partition coefficient (Wildman–Crippen LogP) is 2.86. The molecule has 1 aliphatic rings. The maximum atomic E-state index is 12.6. The third kappa shape index (κ3) is 3.00. The number of nitrogens with one attached hydrogen (secondary N) is 1. The van der Waals surface area contributed by atoms with Crippen LogP contribution in [-0.2, 0) is 13.1 Å². The Balaban J connectivity index is 1.57. The highest BCUT2D eigenvalue weighted by molar-refractivity contribution is 5.89. The molecule has 0 saturated heterocycles. The maximum absolute atomic E-state index is 12.6. The molecule has 3 aromatic rings. The van der Waals surface area contributed by atoms with E-state index in [1.807, 2.05) is 35.0 Å². The van der Waals surface area contributed by atoms with Gasteiger partial charge in [0.25, 0.3) is 0 Å². The van der Waals surface area contributed by atoms with Gasteiger partial charge in [-0.15, -0.1) is 0 Å². The van der Waals surface area contributed by atoms with E-state index in [1.165, 1.54) is 0 Å². The van der Waals surface area contributed by atoms with Crippen molar-refractivity contribution in [1.82, 2.24) is 19.7 Å². The van der Waals surface area contributed by atoms with Gasteiger partial charge < -0.3 is 10.2 Å². The first-order valence-corrected chi connectivity index (χ1v) is 8.27. The second-order valence-corrected chi connectivity index (χ2v) is 5.99. The molecule has 1 N–H and O–H groups in total. The van der Waals surface area contributed by atoms with Crippen LogP contribution < -0.4 is 5.32 Å². The first-order chi connectivity index (χ1) is 12.7. The Labute approximate surface area is 150 Å². The van der Waals surface area contributed by atoms with E-state index in [4.69, 9.17) is 5.26 Å². The standard InChI is InChI=1S/C19H16N6O/c20-11-14-6-7-21-17(10-14)16-12-22-25-9-8-24(13-18(16)25)19(26)23-15-4-2-1-3-5-15/h1-7,10,12H,8-9,13H2,(H,23,26). The fourth-order valence-electron chi connectivity index (χ4n) is 3.00. The number of urea groups is 1. The number of amides is 2. The summed E-state index contributed by atoms with van der Waals surface area (Å²) in [5.74, 6) is 0. The molecule has 2 aromatic heterocycles. The largest absolute Gasteiger partial charge is 0.322 e. The Morgan fingerprint density at radius 3 is 2.85 bits per heavy atom. The minimum atomic E-state index is -0.145. The van der Waals surface area contributed by atoms with E-state index in [0.717, 1.165) is 16.9 Å². The summed E-state index contributed by atoms with van der Waals surface area (Å²) in [4.78, 5) is 18.7. The SMILES string of the molecule is N#Cc1ccnc(-c2cnn3c2CN(C(=O)Nc2ccccc2)CC3)c1. The van der Waals surface area contributed by atoms with Crippen LogP contribution in [0.25, 0.3) is 11.3 Å². The number of hydrogen-bond donors (Lipinski definition) is 1. The van der Waals surface area contributed by atoms with Gasteiger partial charge in [0.05, 0.1) is 42.3 Å². The van der Waals surface area contributed by atoms with Gasteiger partial charge in [0.2, 0.25) is 0 Å². The highest BCUT2D eigenvalue weighted by Gasteiger charge is 2.25. The molecule has 2 amide bonds. The summed E-state index contributed by atoms with van der Waals surface area (Å²) in [6.07, 6.45) is 3.36. The van der Waals surface area contributed by atoms with Crippen LogP contribution in [0.1, 0.15) is 11.3 Å². The number of aromatic nitrogens is 3. The number of nitriles is 1. The van der Waals surface area contributed by atoms with E-state index in [2.05, 4.69) is 21.5 Å². The Kier molecular flexibility index (Phi) is 4.07. The molecule has 4 rings (SSSR count). The molecule has 0 spiro atoms. The quantitative estimate of drug-likeness (QED) is 0.774. The van der Waals surface area contributed by atoms with E-state index < -0.39 is 0 Å². The van der Waals surface area contributed by atoms with Crippen LogP contribution in [0.15, 0.2) is 54.9 Å². The lowest BCUT2D eigenvalue weighted by molar-refractivity contribution is 0.194. The second kappa shape index (κ2) is 6.69. The van der Waals surface area contributed by atoms with Gasteiger partial charge in [-0.3, -0.25) is 9.67 Å². The van der Waals surface area contributed by atoms with Crippen LogP contribution in [0.4, 0.5) is 10.5 Å². The van der Waals surface area contributed by atoms with E-state index in [0.29, 0.717) is 30.9 Å². The maximum Gasteiger partial charge on any atom is 0.322 e. The number of pyridine rings is 1. The summed E-state index contributed by atoms with van der Waals surface area (Å²) in [6, 6.07) is 14.8. The lowest BCUT2D eigenvalue weighted by atomic mass is 10.1. The number of carbonyl (C=O) groups excluding carboxylic acids is 1. The first-order valence-electron chi connectivity index (χ1n) is 8.27. The highest BCUT2D eigenvalue weighted by atomic mass is 16.2. The number of fused-ring (bicyclic) bond motifs is 1.